The number of carbonyl (C=O) groups excluding carboxylic acids is 1. The van der Waals surface area contributed by atoms with Gasteiger partial charge in [-0.25, -0.2) is 0 Å². The van der Waals surface area contributed by atoms with Gasteiger partial charge in [-0.1, -0.05) is 6.08 Å². The van der Waals surface area contributed by atoms with Crippen LogP contribution in [-0.4, -0.2) is 37.2 Å². The molecular formula is C19H25NO5. The van der Waals surface area contributed by atoms with E-state index in [0.717, 1.165) is 5.56 Å². The summed E-state index contributed by atoms with van der Waals surface area (Å²) in [6.45, 7) is 3.73. The number of carboxylic acids is 1. The Morgan fingerprint density at radius 1 is 1.24 bits per heavy atom. The highest BCUT2D eigenvalue weighted by Crippen LogP contribution is 2.33. The van der Waals surface area contributed by atoms with E-state index < -0.39 is 5.97 Å². The Bertz CT molecular complexity index is 647. The number of benzene rings is 1. The number of ether oxygens (including phenoxy) is 2. The minimum Gasteiger partial charge on any atom is -0.493 e. The second-order valence-corrected chi connectivity index (χ2v) is 6.22. The van der Waals surface area contributed by atoms with Crippen LogP contribution in [0, 0.1) is 5.92 Å². The number of hydrogen-bond acceptors (Lipinski definition) is 4. The largest absolute Gasteiger partial charge is 0.493 e. The van der Waals surface area contributed by atoms with Gasteiger partial charge in [-0.15, -0.1) is 6.58 Å². The number of nitrogens with one attached hydrogen (secondary N) is 1. The van der Waals surface area contributed by atoms with E-state index in [0.29, 0.717) is 49.2 Å². The molecule has 0 heterocycles. The second-order valence-electron chi connectivity index (χ2n) is 6.22. The van der Waals surface area contributed by atoms with Crippen LogP contribution >= 0.6 is 0 Å². The molecule has 0 unspecified atom stereocenters. The molecule has 1 aromatic rings. The van der Waals surface area contributed by atoms with Gasteiger partial charge in [-0.3, -0.25) is 9.59 Å². The summed E-state index contributed by atoms with van der Waals surface area (Å²) in [5, 5.41) is 12.1. The molecule has 6 heteroatoms. The van der Waals surface area contributed by atoms with Gasteiger partial charge >= 0.3 is 5.97 Å². The summed E-state index contributed by atoms with van der Waals surface area (Å²) in [6.07, 6.45) is 4.84. The molecule has 1 amide bonds. The third-order valence-electron chi connectivity index (χ3n) is 4.59. The monoisotopic (exact) mass is 347 g/mol. The molecule has 25 heavy (non-hydrogen) atoms. The van der Waals surface area contributed by atoms with Gasteiger partial charge in [0.25, 0.3) is 5.91 Å². The van der Waals surface area contributed by atoms with Gasteiger partial charge < -0.3 is 19.9 Å². The lowest BCUT2D eigenvalue weighted by Gasteiger charge is -2.27. The molecule has 0 aromatic heterocycles. The quantitative estimate of drug-likeness (QED) is 0.741. The van der Waals surface area contributed by atoms with Gasteiger partial charge in [-0.05, 0) is 44.2 Å². The van der Waals surface area contributed by atoms with Gasteiger partial charge in [0, 0.05) is 17.2 Å². The molecule has 1 aliphatic carbocycles. The topological polar surface area (TPSA) is 84.9 Å². The fraction of sp³-hybridized carbons (Fsp3) is 0.474. The van der Waals surface area contributed by atoms with E-state index in [1.807, 2.05) is 0 Å². The first-order valence-corrected chi connectivity index (χ1v) is 8.39. The van der Waals surface area contributed by atoms with Crippen molar-refractivity contribution in [1.82, 2.24) is 5.32 Å². The fourth-order valence-corrected chi connectivity index (χ4v) is 3.23. The van der Waals surface area contributed by atoms with Crippen LogP contribution in [0.4, 0.5) is 0 Å². The number of rotatable bonds is 7. The number of amides is 1. The number of methoxy groups -OCH3 is 2. The molecule has 0 aliphatic heterocycles. The normalized spacial score (nSPS) is 19.8. The van der Waals surface area contributed by atoms with Crippen LogP contribution in [0.2, 0.25) is 0 Å². The van der Waals surface area contributed by atoms with Crippen molar-refractivity contribution in [3.63, 3.8) is 0 Å². The number of carboxylic acid groups (broad SMARTS) is 1. The van der Waals surface area contributed by atoms with Crippen molar-refractivity contribution in [2.45, 2.75) is 38.1 Å². The molecule has 0 saturated heterocycles. The van der Waals surface area contributed by atoms with Gasteiger partial charge in [0.2, 0.25) is 0 Å². The molecule has 1 aromatic carbocycles. The Hall–Kier alpha value is -2.50. The number of aliphatic carboxylic acids is 1. The summed E-state index contributed by atoms with van der Waals surface area (Å²) in [4.78, 5) is 23.6. The van der Waals surface area contributed by atoms with Crippen LogP contribution < -0.4 is 14.8 Å². The molecule has 0 radical (unpaired) electrons. The molecule has 6 nitrogen and oxygen atoms in total. The first-order valence-electron chi connectivity index (χ1n) is 8.39. The van der Waals surface area contributed by atoms with Gasteiger partial charge in [-0.2, -0.15) is 0 Å². The van der Waals surface area contributed by atoms with Gasteiger partial charge in [0.15, 0.2) is 11.5 Å². The molecule has 1 fully saturated rings. The lowest BCUT2D eigenvalue weighted by atomic mass is 9.86. The molecule has 0 atom stereocenters. The smallest absolute Gasteiger partial charge is 0.306 e. The van der Waals surface area contributed by atoms with E-state index in [-0.39, 0.29) is 17.9 Å². The predicted molar refractivity (Wildman–Crippen MR) is 94.3 cm³/mol. The van der Waals surface area contributed by atoms with Crippen LogP contribution in [-0.2, 0) is 11.2 Å². The molecule has 2 N–H and O–H groups in total. The average molecular weight is 347 g/mol. The summed E-state index contributed by atoms with van der Waals surface area (Å²) in [5.74, 6) is -0.139. The summed E-state index contributed by atoms with van der Waals surface area (Å²) >= 11 is 0. The molecular weight excluding hydrogens is 322 g/mol. The molecule has 0 spiro atoms. The van der Waals surface area contributed by atoms with E-state index in [4.69, 9.17) is 14.6 Å². The highest BCUT2D eigenvalue weighted by Gasteiger charge is 2.27. The molecule has 2 rings (SSSR count). The zero-order valence-electron chi connectivity index (χ0n) is 14.7. The Morgan fingerprint density at radius 2 is 1.92 bits per heavy atom. The van der Waals surface area contributed by atoms with Crippen molar-refractivity contribution in [2.75, 3.05) is 14.2 Å². The SMILES string of the molecule is C=CCc1cc(C(=O)NC2CCC(C(=O)O)CC2)cc(OC)c1OC. The first-order chi connectivity index (χ1) is 12.0. The average Bonchev–Trinajstić information content (AvgIpc) is 2.61. The van der Waals surface area contributed by atoms with E-state index in [2.05, 4.69) is 11.9 Å². The highest BCUT2D eigenvalue weighted by atomic mass is 16.5. The van der Waals surface area contributed by atoms with E-state index >= 15 is 0 Å². The maximum atomic E-state index is 12.6. The van der Waals surface area contributed by atoms with Crippen molar-refractivity contribution in [3.8, 4) is 11.5 Å². The minimum absolute atomic E-state index is 0.000879. The fourth-order valence-electron chi connectivity index (χ4n) is 3.23. The zero-order valence-corrected chi connectivity index (χ0v) is 14.7. The maximum absolute atomic E-state index is 12.6. The second kappa shape index (κ2) is 8.55. The van der Waals surface area contributed by atoms with Crippen molar-refractivity contribution in [3.05, 3.63) is 35.9 Å². The number of allylic oxidation sites excluding steroid dienone is 1. The van der Waals surface area contributed by atoms with Crippen LogP contribution in [0.25, 0.3) is 0 Å². The summed E-state index contributed by atoms with van der Waals surface area (Å²) in [7, 11) is 3.09. The van der Waals surface area contributed by atoms with Crippen LogP contribution in [0.5, 0.6) is 11.5 Å². The summed E-state index contributed by atoms with van der Waals surface area (Å²) in [6, 6.07) is 3.43. The predicted octanol–water partition coefficient (Wildman–Crippen LogP) is 2.81. The van der Waals surface area contributed by atoms with E-state index in [1.54, 1.807) is 25.3 Å². The van der Waals surface area contributed by atoms with Gasteiger partial charge in [0.1, 0.15) is 0 Å². The Labute approximate surface area is 147 Å². The Kier molecular flexibility index (Phi) is 6.44. The summed E-state index contributed by atoms with van der Waals surface area (Å²) in [5.41, 5.74) is 1.33. The standard InChI is InChI=1S/C19H25NO5/c1-4-5-13-10-14(11-16(24-2)17(13)25-3)18(21)20-15-8-6-12(7-9-15)19(22)23/h4,10-12,15H,1,5-9H2,2-3H3,(H,20,21)(H,22,23). The van der Waals surface area contributed by atoms with Gasteiger partial charge in [0.05, 0.1) is 20.1 Å². The number of carbonyl (C=O) groups is 2. The van der Waals surface area contributed by atoms with Crippen molar-refractivity contribution in [2.24, 2.45) is 5.92 Å². The van der Waals surface area contributed by atoms with Crippen LogP contribution in [0.3, 0.4) is 0 Å². The highest BCUT2D eigenvalue weighted by molar-refractivity contribution is 5.95. The Morgan fingerprint density at radius 3 is 2.44 bits per heavy atom. The molecule has 0 bridgehead atoms. The molecule has 1 saturated carbocycles. The number of hydrogen-bond donors (Lipinski definition) is 2. The van der Waals surface area contributed by atoms with Crippen molar-refractivity contribution >= 4 is 11.9 Å². The van der Waals surface area contributed by atoms with E-state index in [1.165, 1.54) is 7.11 Å². The van der Waals surface area contributed by atoms with Crippen LogP contribution in [0.1, 0.15) is 41.6 Å². The third kappa shape index (κ3) is 4.53. The minimum atomic E-state index is -0.751. The molecule has 1 aliphatic rings. The lowest BCUT2D eigenvalue weighted by Crippen LogP contribution is -2.38. The first kappa shape index (κ1) is 18.8. The lowest BCUT2D eigenvalue weighted by molar-refractivity contribution is -0.142. The zero-order chi connectivity index (χ0) is 18.4. The summed E-state index contributed by atoms with van der Waals surface area (Å²) < 4.78 is 10.7. The molecule has 136 valence electrons. The van der Waals surface area contributed by atoms with Crippen molar-refractivity contribution in [1.29, 1.82) is 0 Å². The van der Waals surface area contributed by atoms with E-state index in [9.17, 15) is 9.59 Å². The maximum Gasteiger partial charge on any atom is 0.306 e. The van der Waals surface area contributed by atoms with Crippen molar-refractivity contribution < 1.29 is 24.2 Å². The third-order valence-corrected chi connectivity index (χ3v) is 4.59. The van der Waals surface area contributed by atoms with Crippen LogP contribution in [0.15, 0.2) is 24.8 Å². The Balaban J connectivity index is 2.12.